The van der Waals surface area contributed by atoms with Crippen LogP contribution in [0.1, 0.15) is 135 Å². The molecule has 4 atom stereocenters. The molecule has 150 heavy (non-hydrogen) atoms. The fourth-order valence-corrected chi connectivity index (χ4v) is 18.4. The van der Waals surface area contributed by atoms with Gasteiger partial charge in [0, 0.05) is 433 Å². The van der Waals surface area contributed by atoms with Crippen LogP contribution in [0.3, 0.4) is 0 Å². The Balaban J connectivity index is 0.0000117. The van der Waals surface area contributed by atoms with Crippen molar-refractivity contribution in [1.82, 2.24) is 110 Å². The summed E-state index contributed by atoms with van der Waals surface area (Å²) < 4.78 is 0. The summed E-state index contributed by atoms with van der Waals surface area (Å²) in [5, 5.41) is 159. The Bertz CT molecular complexity index is 4190. The minimum absolute atomic E-state index is 0. The molecule has 858 valence electrons. The fourth-order valence-electron chi connectivity index (χ4n) is 18.4. The van der Waals surface area contributed by atoms with Crippen LogP contribution in [0.4, 0.5) is 0 Å². The van der Waals surface area contributed by atoms with Gasteiger partial charge in [-0.15, -0.1) is 0 Å². The molecule has 0 spiro atoms. The van der Waals surface area contributed by atoms with Crippen molar-refractivity contribution in [3.05, 3.63) is 118 Å². The number of carboxylic acid groups (broad SMARTS) is 12. The van der Waals surface area contributed by atoms with Gasteiger partial charge >= 0.3 is 0 Å². The molecule has 0 saturated heterocycles. The third-order valence-corrected chi connectivity index (χ3v) is 25.5. The van der Waals surface area contributed by atoms with Gasteiger partial charge in [-0.3, -0.25) is 97.9 Å². The van der Waals surface area contributed by atoms with E-state index in [9.17, 15) is 138 Å². The largest absolute Gasteiger partial charge is 0.549 e. The number of rotatable bonds is 57. The summed E-state index contributed by atoms with van der Waals surface area (Å²) in [6.45, 7) is -2.11. The Labute approximate surface area is 987 Å². The van der Waals surface area contributed by atoms with E-state index in [-0.39, 0.29) is 382 Å². The van der Waals surface area contributed by atoms with E-state index >= 15 is 0 Å². The normalized spacial score (nSPS) is 16.8. The van der Waals surface area contributed by atoms with Gasteiger partial charge in [0.2, 0.25) is 23.6 Å². The Morgan fingerprint density at radius 1 is 0.233 bits per heavy atom. The zero-order valence-electron chi connectivity index (χ0n) is 83.4. The third kappa shape index (κ3) is 54.7. The van der Waals surface area contributed by atoms with Crippen molar-refractivity contribution in [2.75, 3.05) is 223 Å². The van der Waals surface area contributed by atoms with Gasteiger partial charge < -0.3 is 150 Å². The van der Waals surface area contributed by atoms with Crippen molar-refractivity contribution < 1.29 is 285 Å². The van der Waals surface area contributed by atoms with Gasteiger partial charge in [-0.05, 0) is 152 Å². The number of nitrogens with zero attached hydrogens (tertiary/aromatic N) is 18. The number of carbonyl (C=O) groups excluding carboxylic acids is 16. The van der Waals surface area contributed by atoms with Crippen LogP contribution in [-0.4, -0.2) is 430 Å². The molecular weight excluding hydrogens is 2580 g/mol. The molecule has 4 aromatic heterocycles. The van der Waals surface area contributed by atoms with Crippen molar-refractivity contribution in [2.24, 2.45) is 0 Å². The Hall–Kier alpha value is -7.50. The number of pyridine rings is 4. The smallest absolute Gasteiger partial charge is 0.220 e. The SMILES string of the molecule is O=C([O-])CN1CCN(C(CCC(=O)NCCCN(CCCCN(CCCNC(=O)CCC(C(=O)[O-])N2CCN(CC(=O)[O-])Cc3cccc(n3)CN(CC(=O)[O-])CC2)CCCNC(=O)CCC(C(=O)[O-])N2CCN(CC(=O)[O-])Cc3cccc(n3)CN(CC(=O)[O-])CC2)CCCNC(=O)CCC(C(=O)[O-])N2CCN(CC(=O)[O-])Cc3cccc(n3)CN(CC(=O)[O-])CC2)C(=O)[O-])CCN(CC(=O)[O-])Cc2cccc(n2)C1.[Tm].[Tm].[Tm].[Tm]. The Kier molecular flexibility index (Phi) is 66.3. The number of aromatic nitrogens is 4. The maximum absolute atomic E-state index is 13.8. The average Bonchev–Trinajstić information content (AvgIpc) is 0.860. The molecule has 0 fully saturated rings. The Morgan fingerprint density at radius 2 is 0.380 bits per heavy atom. The van der Waals surface area contributed by atoms with Gasteiger partial charge in [0.1, 0.15) is 0 Å². The zero-order chi connectivity index (χ0) is 106. The number of hydrogen-bond acceptors (Lipinski definition) is 46. The van der Waals surface area contributed by atoms with Gasteiger partial charge in [-0.1, -0.05) is 24.3 Å². The summed E-state index contributed by atoms with van der Waals surface area (Å²) in [5.74, 6) is -19.5. The molecule has 4 unspecified atom stereocenters. The molecule has 54 heteroatoms. The second kappa shape index (κ2) is 73.8. The predicted octanol–water partition coefficient (Wildman–Crippen LogP) is -18.0. The number of carbonyl (C=O) groups is 16. The van der Waals surface area contributed by atoms with Gasteiger partial charge in [-0.2, -0.15) is 0 Å². The minimum Gasteiger partial charge on any atom is -0.549 e. The molecule has 4 radical (unpaired) electrons. The van der Waals surface area contributed by atoms with Crippen molar-refractivity contribution in [3.63, 3.8) is 0 Å². The van der Waals surface area contributed by atoms with Gasteiger partial charge in [-0.25, -0.2) is 0 Å². The van der Waals surface area contributed by atoms with Gasteiger partial charge in [0.15, 0.2) is 0 Å². The van der Waals surface area contributed by atoms with E-state index < -0.39 is 172 Å². The van der Waals surface area contributed by atoms with E-state index in [4.69, 9.17) is 0 Å². The summed E-state index contributed by atoms with van der Waals surface area (Å²) in [6.07, 6.45) is -0.0551. The number of unbranched alkanes of at least 4 members (excludes halogenated alkanes) is 1. The number of carboxylic acids is 12. The number of fused-ring (bicyclic) bond motifs is 8. The second-order valence-corrected chi connectivity index (χ2v) is 37.0. The van der Waals surface area contributed by atoms with E-state index in [0.717, 1.165) is 0 Å². The first-order valence-electron chi connectivity index (χ1n) is 49.3. The molecule has 8 bridgehead atoms. The van der Waals surface area contributed by atoms with E-state index in [2.05, 4.69) is 51.0 Å². The second-order valence-electron chi connectivity index (χ2n) is 37.0. The molecule has 4 aliphatic rings. The van der Waals surface area contributed by atoms with Crippen LogP contribution >= 0.6 is 0 Å². The molecule has 8 rings (SSSR count). The third-order valence-electron chi connectivity index (χ3n) is 25.5. The topological polar surface area (TPSA) is 695 Å². The first-order chi connectivity index (χ1) is 69.8. The summed E-state index contributed by atoms with van der Waals surface area (Å²) in [7, 11) is 0. The summed E-state index contributed by atoms with van der Waals surface area (Å²) in [4.78, 5) is 244. The first-order valence-corrected chi connectivity index (χ1v) is 49.3. The molecule has 8 heterocycles. The van der Waals surface area contributed by atoms with Crippen LogP contribution in [0.5, 0.6) is 0 Å². The number of amides is 4. The summed E-state index contributed by atoms with van der Waals surface area (Å²) in [5.41, 5.74) is 3.70. The maximum Gasteiger partial charge on any atom is 0.220 e. The van der Waals surface area contributed by atoms with Crippen LogP contribution in [0, 0.1) is 147 Å². The fraction of sp³-hybridized carbons (Fsp3) is 0.625. The van der Waals surface area contributed by atoms with Crippen LogP contribution in [0.25, 0.3) is 0 Å². The van der Waals surface area contributed by atoms with Gasteiger partial charge in [0.25, 0.3) is 0 Å². The number of hydrogen-bond donors (Lipinski definition) is 4. The maximum atomic E-state index is 13.8. The zero-order valence-corrected chi connectivity index (χ0v) is 90.5. The van der Waals surface area contributed by atoms with E-state index in [0.29, 0.717) is 123 Å². The number of nitrogens with one attached hydrogen (secondary N) is 4. The molecule has 0 aliphatic carbocycles. The molecule has 4 aromatic rings. The molecule has 4 amide bonds. The summed E-state index contributed by atoms with van der Waals surface area (Å²) in [6, 6.07) is 14.4. The number of aliphatic carboxylic acids is 12. The molecule has 0 saturated carbocycles. The molecule has 50 nitrogen and oxygen atoms in total. The quantitative estimate of drug-likeness (QED) is 0.0298. The van der Waals surface area contributed by atoms with Crippen LogP contribution < -0.4 is 82.5 Å². The van der Waals surface area contributed by atoms with E-state index in [1.54, 1.807) is 72.8 Å². The minimum atomic E-state index is -1.54. The monoisotopic (exact) mass is 2720 g/mol. The van der Waals surface area contributed by atoms with Crippen LogP contribution in [0.2, 0.25) is 0 Å². The molecular formula is C96H132N22O28Tm4-12. The van der Waals surface area contributed by atoms with Crippen molar-refractivity contribution in [1.29, 1.82) is 0 Å². The van der Waals surface area contributed by atoms with E-state index in [1.165, 1.54) is 58.8 Å². The van der Waals surface area contributed by atoms with E-state index in [1.807, 2.05) is 0 Å². The van der Waals surface area contributed by atoms with Crippen LogP contribution in [-0.2, 0) is 129 Å². The predicted molar refractivity (Wildman–Crippen MR) is 490 cm³/mol. The Morgan fingerprint density at radius 3 is 0.520 bits per heavy atom. The standard InChI is InChI=1S/C96H144N22O28.4Tm/c119-81(23-19-77(93(139)140)115-45-37-107(61-85(123)124)53-69-11-3-12-70(101-69)54-108(38-46-115)62-86(125)126)97-27-7-33-105(34-8-28-98-82(120)24-20-78(94(141)142)116-47-39-109(63-87(127)128)55-71-13-4-14-72(102-71)56-110(40-48-116)64-88(129)130)31-1-2-32-106(35-9-29-99-83(121)25-21-79(95(143)144)117-49-41-111(65-89(131)132)57-73-15-5-16-74(103-73)58-112(42-50-117)66-90(133)134)36-10-30-100-84(122)26-22-80(96(145)146)118-51-43-113(67-91(135)136)59-75-17-6-18-76(104-75)60-114(44-52-118)68-92(137)138;;;;/h3-6,11-18,77-80H,1-2,7-10,19-68H2,(H,97,119)(H,98,120)(H,99,121)(H,100,122)(H,123,124)(H,125,126)(H,127,128)(H,129,130)(H,131,132)(H,133,134)(H,135,136)(H,137,138)(H,139,140)(H,141,142)(H,143,144)(H,145,146);;;;/p-12. The molecule has 0 aromatic carbocycles. The van der Waals surface area contributed by atoms with Gasteiger partial charge in [0.05, 0.1) is 117 Å². The summed E-state index contributed by atoms with van der Waals surface area (Å²) >= 11 is 0. The van der Waals surface area contributed by atoms with Crippen molar-refractivity contribution in [2.45, 2.75) is 166 Å². The molecule has 4 N–H and O–H groups in total. The molecule has 4 aliphatic heterocycles. The average molecular weight is 2720 g/mol. The first kappa shape index (κ1) is 135. The van der Waals surface area contributed by atoms with Crippen LogP contribution in [0.15, 0.2) is 72.8 Å². The van der Waals surface area contributed by atoms with Crippen molar-refractivity contribution >= 4 is 95.3 Å². The van der Waals surface area contributed by atoms with Crippen molar-refractivity contribution in [3.8, 4) is 0 Å².